The maximum Gasteiger partial charge on any atom is 0.248 e. The molecule has 0 spiro atoms. The van der Waals surface area contributed by atoms with E-state index in [1.165, 1.54) is 12.1 Å². The van der Waals surface area contributed by atoms with Crippen molar-refractivity contribution in [2.75, 3.05) is 10.7 Å². The number of benzene rings is 3. The third kappa shape index (κ3) is 5.63. The van der Waals surface area contributed by atoms with Crippen LogP contribution in [-0.4, -0.2) is 20.7 Å². The molecule has 1 aromatic heterocycles. The van der Waals surface area contributed by atoms with Crippen molar-refractivity contribution in [1.29, 1.82) is 0 Å². The van der Waals surface area contributed by atoms with Gasteiger partial charge in [0.25, 0.3) is 0 Å². The Morgan fingerprint density at radius 3 is 2.27 bits per heavy atom. The molecule has 0 saturated carbocycles. The molecular weight excluding hydrogens is 462 g/mol. The SMILES string of the molecule is CC(=NNc1nc(Nc2ccc(Cl)cc2)nc(-c2c(F)cccc2Cl)n1)c1ccc(C)cc1. The lowest BCUT2D eigenvalue weighted by Gasteiger charge is -2.11. The molecule has 6 nitrogen and oxygen atoms in total. The molecule has 0 aliphatic heterocycles. The van der Waals surface area contributed by atoms with Crippen molar-refractivity contribution >= 4 is 46.5 Å². The van der Waals surface area contributed by atoms with Crippen molar-refractivity contribution in [3.8, 4) is 11.4 Å². The average molecular weight is 481 g/mol. The second kappa shape index (κ2) is 9.94. The van der Waals surface area contributed by atoms with Gasteiger partial charge in [0.05, 0.1) is 16.3 Å². The van der Waals surface area contributed by atoms with Gasteiger partial charge in [-0.3, -0.25) is 0 Å². The third-order valence-electron chi connectivity index (χ3n) is 4.72. The van der Waals surface area contributed by atoms with Crippen molar-refractivity contribution in [3.05, 3.63) is 93.7 Å². The maximum absolute atomic E-state index is 14.6. The first kappa shape index (κ1) is 22.6. The van der Waals surface area contributed by atoms with Crippen molar-refractivity contribution in [3.63, 3.8) is 0 Å². The summed E-state index contributed by atoms with van der Waals surface area (Å²) in [5, 5.41) is 8.23. The molecule has 0 bridgehead atoms. The van der Waals surface area contributed by atoms with Crippen LogP contribution < -0.4 is 10.7 Å². The van der Waals surface area contributed by atoms with Gasteiger partial charge in [-0.15, -0.1) is 0 Å². The van der Waals surface area contributed by atoms with Crippen molar-refractivity contribution in [2.45, 2.75) is 13.8 Å². The van der Waals surface area contributed by atoms with Gasteiger partial charge in [-0.2, -0.15) is 20.1 Å². The number of rotatable bonds is 6. The predicted octanol–water partition coefficient (Wildman–Crippen LogP) is 6.87. The molecule has 1 heterocycles. The predicted molar refractivity (Wildman–Crippen MR) is 132 cm³/mol. The summed E-state index contributed by atoms with van der Waals surface area (Å²) >= 11 is 12.2. The number of nitrogens with zero attached hydrogens (tertiary/aromatic N) is 4. The quantitative estimate of drug-likeness (QED) is 0.232. The highest BCUT2D eigenvalue weighted by Gasteiger charge is 2.16. The van der Waals surface area contributed by atoms with Gasteiger partial charge < -0.3 is 5.32 Å². The standard InChI is InChI=1S/C24H19Cl2FN6/c1-14-6-8-16(9-7-14)15(2)32-33-24-30-22(21-19(26)4-3-5-20(21)27)29-23(31-24)28-18-12-10-17(25)11-13-18/h3-13H,1-2H3,(H2,28,29,30,31,33). The fourth-order valence-corrected chi connectivity index (χ4v) is 3.33. The van der Waals surface area contributed by atoms with Gasteiger partial charge >= 0.3 is 0 Å². The van der Waals surface area contributed by atoms with Crippen LogP contribution in [0.3, 0.4) is 0 Å². The van der Waals surface area contributed by atoms with Crippen LogP contribution in [-0.2, 0) is 0 Å². The van der Waals surface area contributed by atoms with E-state index in [-0.39, 0.29) is 28.3 Å². The van der Waals surface area contributed by atoms with E-state index >= 15 is 0 Å². The van der Waals surface area contributed by atoms with Crippen LogP contribution in [0.4, 0.5) is 22.0 Å². The first-order chi connectivity index (χ1) is 15.9. The molecule has 0 radical (unpaired) electrons. The first-order valence-electron chi connectivity index (χ1n) is 9.99. The molecule has 0 saturated heterocycles. The van der Waals surface area contributed by atoms with Gasteiger partial charge in [0.15, 0.2) is 5.82 Å². The summed E-state index contributed by atoms with van der Waals surface area (Å²) in [7, 11) is 0. The van der Waals surface area contributed by atoms with Gasteiger partial charge in [-0.25, -0.2) is 9.82 Å². The topological polar surface area (TPSA) is 75.1 Å². The monoisotopic (exact) mass is 480 g/mol. The van der Waals surface area contributed by atoms with Crippen LogP contribution in [0.5, 0.6) is 0 Å². The van der Waals surface area contributed by atoms with E-state index in [0.29, 0.717) is 10.7 Å². The molecule has 4 aromatic rings. The van der Waals surface area contributed by atoms with Crippen molar-refractivity contribution < 1.29 is 4.39 Å². The van der Waals surface area contributed by atoms with Gasteiger partial charge in [0.1, 0.15) is 5.82 Å². The highest BCUT2D eigenvalue weighted by atomic mass is 35.5. The summed E-state index contributed by atoms with van der Waals surface area (Å²) < 4.78 is 14.6. The lowest BCUT2D eigenvalue weighted by atomic mass is 10.1. The summed E-state index contributed by atoms with van der Waals surface area (Å²) in [6.07, 6.45) is 0. The van der Waals surface area contributed by atoms with Crippen LogP contribution in [0.2, 0.25) is 10.0 Å². The molecular formula is C24H19Cl2FN6. The molecule has 0 unspecified atom stereocenters. The Balaban J connectivity index is 1.71. The molecule has 0 aliphatic carbocycles. The van der Waals surface area contributed by atoms with Crippen LogP contribution in [0.25, 0.3) is 11.4 Å². The van der Waals surface area contributed by atoms with E-state index in [4.69, 9.17) is 23.2 Å². The van der Waals surface area contributed by atoms with E-state index in [2.05, 4.69) is 30.8 Å². The number of aromatic nitrogens is 3. The van der Waals surface area contributed by atoms with Gasteiger partial charge in [-0.1, -0.05) is 59.1 Å². The number of halogens is 3. The summed E-state index contributed by atoms with van der Waals surface area (Å²) in [5.74, 6) is -0.166. The Kier molecular flexibility index (Phi) is 6.82. The highest BCUT2D eigenvalue weighted by Crippen LogP contribution is 2.29. The lowest BCUT2D eigenvalue weighted by molar-refractivity contribution is 0.630. The molecule has 33 heavy (non-hydrogen) atoms. The summed E-state index contributed by atoms with van der Waals surface area (Å²) in [6.45, 7) is 3.88. The second-order valence-corrected chi connectivity index (χ2v) is 8.05. The zero-order chi connectivity index (χ0) is 23.4. The Labute approximate surface area is 200 Å². The maximum atomic E-state index is 14.6. The fourth-order valence-electron chi connectivity index (χ4n) is 2.96. The van der Waals surface area contributed by atoms with Crippen molar-refractivity contribution in [2.24, 2.45) is 5.10 Å². The van der Waals surface area contributed by atoms with Gasteiger partial charge in [-0.05, 0) is 55.8 Å². The van der Waals surface area contributed by atoms with Crippen LogP contribution in [0.1, 0.15) is 18.1 Å². The number of hydrazone groups is 1. The van der Waals surface area contributed by atoms with Gasteiger partial charge in [0, 0.05) is 10.7 Å². The van der Waals surface area contributed by atoms with E-state index < -0.39 is 5.82 Å². The second-order valence-electron chi connectivity index (χ2n) is 7.21. The Morgan fingerprint density at radius 1 is 0.879 bits per heavy atom. The summed E-state index contributed by atoms with van der Waals surface area (Å²) in [6, 6.07) is 19.3. The summed E-state index contributed by atoms with van der Waals surface area (Å²) in [4.78, 5) is 13.1. The molecule has 0 atom stereocenters. The molecule has 2 N–H and O–H groups in total. The van der Waals surface area contributed by atoms with Crippen LogP contribution in [0, 0.1) is 12.7 Å². The normalized spacial score (nSPS) is 11.4. The minimum atomic E-state index is -0.545. The number of hydrogen-bond donors (Lipinski definition) is 2. The van der Waals surface area contributed by atoms with Crippen molar-refractivity contribution in [1.82, 2.24) is 15.0 Å². The number of aryl methyl sites for hydroxylation is 1. The molecule has 0 aliphatic rings. The average Bonchev–Trinajstić information content (AvgIpc) is 2.79. The summed E-state index contributed by atoms with van der Waals surface area (Å²) in [5.41, 5.74) is 6.44. The fraction of sp³-hybridized carbons (Fsp3) is 0.0833. The van der Waals surface area contributed by atoms with Gasteiger partial charge in [0.2, 0.25) is 11.9 Å². The lowest BCUT2D eigenvalue weighted by Crippen LogP contribution is -2.07. The molecule has 166 valence electrons. The molecule has 4 rings (SSSR count). The molecule has 3 aromatic carbocycles. The molecule has 0 fully saturated rings. The molecule has 0 amide bonds. The third-order valence-corrected chi connectivity index (χ3v) is 5.28. The highest BCUT2D eigenvalue weighted by molar-refractivity contribution is 6.33. The van der Waals surface area contributed by atoms with E-state index in [1.54, 1.807) is 30.3 Å². The first-order valence-corrected chi connectivity index (χ1v) is 10.7. The number of anilines is 3. The molecule has 9 heteroatoms. The van der Waals surface area contributed by atoms with E-state index in [9.17, 15) is 4.39 Å². The Morgan fingerprint density at radius 2 is 1.58 bits per heavy atom. The minimum Gasteiger partial charge on any atom is -0.324 e. The number of nitrogens with one attached hydrogen (secondary N) is 2. The van der Waals surface area contributed by atoms with E-state index in [1.807, 2.05) is 38.1 Å². The smallest absolute Gasteiger partial charge is 0.248 e. The Hall–Kier alpha value is -3.55. The zero-order valence-corrected chi connectivity index (χ0v) is 19.3. The van der Waals surface area contributed by atoms with Crippen LogP contribution in [0.15, 0.2) is 71.8 Å². The zero-order valence-electron chi connectivity index (χ0n) is 17.8. The minimum absolute atomic E-state index is 0.0650. The number of hydrogen-bond acceptors (Lipinski definition) is 6. The van der Waals surface area contributed by atoms with E-state index in [0.717, 1.165) is 16.8 Å². The Bertz CT molecular complexity index is 1290. The largest absolute Gasteiger partial charge is 0.324 e. The van der Waals surface area contributed by atoms with Crippen LogP contribution >= 0.6 is 23.2 Å².